The molecule has 0 spiro atoms. The van der Waals surface area contributed by atoms with Crippen molar-refractivity contribution in [1.29, 1.82) is 0 Å². The molecule has 0 bridgehead atoms. The lowest BCUT2D eigenvalue weighted by Crippen LogP contribution is -2.39. The highest BCUT2D eigenvalue weighted by Gasteiger charge is 2.20. The summed E-state index contributed by atoms with van der Waals surface area (Å²) < 4.78 is 10.7. The van der Waals surface area contributed by atoms with Crippen molar-refractivity contribution in [3.8, 4) is 0 Å². The summed E-state index contributed by atoms with van der Waals surface area (Å²) in [5.41, 5.74) is 1.94. The predicted molar refractivity (Wildman–Crippen MR) is 128 cm³/mol. The number of rotatable bonds is 9. The maximum atomic E-state index is 12.6. The number of hydrogen-bond donors (Lipinski definition) is 1. The molecule has 32 heavy (non-hydrogen) atoms. The summed E-state index contributed by atoms with van der Waals surface area (Å²) in [4.78, 5) is 25.1. The first-order chi connectivity index (χ1) is 15.3. The first-order valence-corrected chi connectivity index (χ1v) is 10.9. The van der Waals surface area contributed by atoms with Crippen molar-refractivity contribution >= 4 is 18.1 Å². The van der Waals surface area contributed by atoms with Crippen molar-refractivity contribution in [3.05, 3.63) is 89.5 Å². The molecule has 2 rings (SSSR count). The first-order valence-electron chi connectivity index (χ1n) is 10.9. The van der Waals surface area contributed by atoms with Gasteiger partial charge < -0.3 is 14.8 Å². The van der Waals surface area contributed by atoms with Crippen LogP contribution >= 0.6 is 0 Å². The van der Waals surface area contributed by atoms with E-state index in [1.54, 1.807) is 13.0 Å². The SMILES string of the molecule is CCOC(=O)/C(=C/[C@H](Cc1ccccc1)NC(=O)OC(C)(C)C)C/C=C\c1ccccc1. The van der Waals surface area contributed by atoms with Crippen LogP contribution in [0.4, 0.5) is 4.79 Å². The normalized spacial score (nSPS) is 12.9. The third-order valence-corrected chi connectivity index (χ3v) is 4.39. The Kier molecular flexibility index (Phi) is 9.74. The second kappa shape index (κ2) is 12.5. The predicted octanol–water partition coefficient (Wildman–Crippen LogP) is 5.72. The average molecular weight is 436 g/mol. The molecular weight excluding hydrogens is 402 g/mol. The third-order valence-electron chi connectivity index (χ3n) is 4.39. The maximum absolute atomic E-state index is 12.6. The topological polar surface area (TPSA) is 64.6 Å². The fourth-order valence-electron chi connectivity index (χ4n) is 3.05. The van der Waals surface area contributed by atoms with Crippen LogP contribution in [0.1, 0.15) is 45.2 Å². The Hall–Kier alpha value is -3.34. The first kappa shape index (κ1) is 24.9. The number of esters is 1. The fraction of sp³-hybridized carbons (Fsp3) is 0.333. The number of carbonyl (C=O) groups is 2. The summed E-state index contributed by atoms with van der Waals surface area (Å²) in [6.45, 7) is 7.49. The van der Waals surface area contributed by atoms with Gasteiger partial charge in [-0.05, 0) is 51.7 Å². The van der Waals surface area contributed by atoms with Crippen LogP contribution in [0.2, 0.25) is 0 Å². The largest absolute Gasteiger partial charge is 0.463 e. The molecule has 0 aliphatic rings. The van der Waals surface area contributed by atoms with Gasteiger partial charge in [-0.1, -0.05) is 78.9 Å². The Morgan fingerprint density at radius 1 is 1.00 bits per heavy atom. The summed E-state index contributed by atoms with van der Waals surface area (Å²) in [6, 6.07) is 19.2. The van der Waals surface area contributed by atoms with Gasteiger partial charge in [-0.25, -0.2) is 9.59 Å². The molecule has 0 saturated carbocycles. The van der Waals surface area contributed by atoms with E-state index in [0.717, 1.165) is 11.1 Å². The van der Waals surface area contributed by atoms with Crippen LogP contribution in [0.25, 0.3) is 6.08 Å². The zero-order chi connectivity index (χ0) is 23.4. The summed E-state index contributed by atoms with van der Waals surface area (Å²) >= 11 is 0. The Balaban J connectivity index is 2.26. The van der Waals surface area contributed by atoms with Gasteiger partial charge in [0.1, 0.15) is 5.60 Å². The maximum Gasteiger partial charge on any atom is 0.408 e. The zero-order valence-electron chi connectivity index (χ0n) is 19.3. The molecule has 0 aliphatic heterocycles. The van der Waals surface area contributed by atoms with E-state index >= 15 is 0 Å². The molecule has 0 radical (unpaired) electrons. The van der Waals surface area contributed by atoms with Crippen molar-refractivity contribution in [2.45, 2.75) is 52.2 Å². The van der Waals surface area contributed by atoms with Gasteiger partial charge in [-0.2, -0.15) is 0 Å². The number of nitrogens with one attached hydrogen (secondary N) is 1. The van der Waals surface area contributed by atoms with Gasteiger partial charge >= 0.3 is 12.1 Å². The molecule has 0 heterocycles. The van der Waals surface area contributed by atoms with Gasteiger partial charge in [0, 0.05) is 5.57 Å². The lowest BCUT2D eigenvalue weighted by Gasteiger charge is -2.23. The van der Waals surface area contributed by atoms with Gasteiger partial charge in [-0.3, -0.25) is 0 Å². The van der Waals surface area contributed by atoms with Gasteiger partial charge in [0.15, 0.2) is 0 Å². The molecule has 170 valence electrons. The smallest absolute Gasteiger partial charge is 0.408 e. The van der Waals surface area contributed by atoms with Gasteiger partial charge in [-0.15, -0.1) is 0 Å². The van der Waals surface area contributed by atoms with Gasteiger partial charge in [0.2, 0.25) is 0 Å². The molecule has 2 aromatic rings. The van der Waals surface area contributed by atoms with Gasteiger partial charge in [0.05, 0.1) is 12.6 Å². The lowest BCUT2D eigenvalue weighted by atomic mass is 10.0. The summed E-state index contributed by atoms with van der Waals surface area (Å²) in [5.74, 6) is -0.394. The Morgan fingerprint density at radius 3 is 2.22 bits per heavy atom. The number of alkyl carbamates (subject to hydrolysis) is 1. The average Bonchev–Trinajstić information content (AvgIpc) is 2.73. The standard InChI is InChI=1S/C27H33NO4/c1-5-31-25(29)23(18-12-17-21-13-8-6-9-14-21)20-24(19-22-15-10-7-11-16-22)28-26(30)32-27(2,3)4/h6-17,20,24H,5,18-19H2,1-4H3,(H,28,30)/b17-12-,23-20+/t24-/m0/s1. The third kappa shape index (κ3) is 9.65. The lowest BCUT2D eigenvalue weighted by molar-refractivity contribution is -0.138. The van der Waals surface area contributed by atoms with Crippen LogP contribution in [0.15, 0.2) is 78.4 Å². The molecule has 0 fully saturated rings. The van der Waals surface area contributed by atoms with E-state index in [1.807, 2.05) is 93.6 Å². The minimum absolute atomic E-state index is 0.279. The molecule has 1 N–H and O–H groups in total. The summed E-state index contributed by atoms with van der Waals surface area (Å²) in [6.07, 6.45) is 6.02. The number of hydrogen-bond acceptors (Lipinski definition) is 4. The minimum atomic E-state index is -0.618. The van der Waals surface area contributed by atoms with E-state index < -0.39 is 23.7 Å². The van der Waals surface area contributed by atoms with Crippen LogP contribution in [-0.2, 0) is 20.7 Å². The van der Waals surface area contributed by atoms with Crippen molar-refractivity contribution in [2.75, 3.05) is 6.61 Å². The van der Waals surface area contributed by atoms with Crippen LogP contribution in [0.5, 0.6) is 0 Å². The number of benzene rings is 2. The van der Waals surface area contributed by atoms with E-state index in [9.17, 15) is 9.59 Å². The van der Waals surface area contributed by atoms with Gasteiger partial charge in [0.25, 0.3) is 0 Å². The summed E-state index contributed by atoms with van der Waals surface area (Å²) in [5, 5.41) is 2.89. The zero-order valence-corrected chi connectivity index (χ0v) is 19.3. The second-order valence-electron chi connectivity index (χ2n) is 8.37. The van der Waals surface area contributed by atoms with E-state index in [2.05, 4.69) is 5.32 Å². The Morgan fingerprint density at radius 2 is 1.62 bits per heavy atom. The quantitative estimate of drug-likeness (QED) is 0.404. The van der Waals surface area contributed by atoms with E-state index in [0.29, 0.717) is 18.4 Å². The minimum Gasteiger partial charge on any atom is -0.463 e. The molecule has 0 aliphatic carbocycles. The Labute approximate surface area is 191 Å². The van der Waals surface area contributed by atoms with E-state index in [4.69, 9.17) is 9.47 Å². The second-order valence-corrected chi connectivity index (χ2v) is 8.37. The van der Waals surface area contributed by atoms with Crippen LogP contribution in [-0.4, -0.2) is 30.3 Å². The van der Waals surface area contributed by atoms with E-state index in [1.165, 1.54) is 0 Å². The molecular formula is C27H33NO4. The van der Waals surface area contributed by atoms with Crippen molar-refractivity contribution in [2.24, 2.45) is 0 Å². The molecule has 1 atom stereocenters. The number of ether oxygens (including phenoxy) is 2. The van der Waals surface area contributed by atoms with Crippen molar-refractivity contribution in [1.82, 2.24) is 5.32 Å². The number of allylic oxidation sites excluding steroid dienone is 1. The highest BCUT2D eigenvalue weighted by Crippen LogP contribution is 2.14. The fourth-order valence-corrected chi connectivity index (χ4v) is 3.05. The highest BCUT2D eigenvalue weighted by molar-refractivity contribution is 5.89. The van der Waals surface area contributed by atoms with E-state index in [-0.39, 0.29) is 6.61 Å². The van der Waals surface area contributed by atoms with Crippen molar-refractivity contribution < 1.29 is 19.1 Å². The van der Waals surface area contributed by atoms with Crippen LogP contribution in [0, 0.1) is 0 Å². The number of amides is 1. The molecule has 5 nitrogen and oxygen atoms in total. The monoisotopic (exact) mass is 435 g/mol. The molecule has 5 heteroatoms. The number of carbonyl (C=O) groups excluding carboxylic acids is 2. The Bertz CT molecular complexity index is 912. The van der Waals surface area contributed by atoms with Crippen LogP contribution in [0.3, 0.4) is 0 Å². The molecule has 0 aromatic heterocycles. The molecule has 2 aromatic carbocycles. The van der Waals surface area contributed by atoms with Crippen LogP contribution < -0.4 is 5.32 Å². The molecule has 1 amide bonds. The highest BCUT2D eigenvalue weighted by atomic mass is 16.6. The molecule has 0 saturated heterocycles. The summed E-state index contributed by atoms with van der Waals surface area (Å²) in [7, 11) is 0. The van der Waals surface area contributed by atoms with Crippen molar-refractivity contribution in [3.63, 3.8) is 0 Å². The molecule has 0 unspecified atom stereocenters.